The Morgan fingerprint density at radius 2 is 1.83 bits per heavy atom. The summed E-state index contributed by atoms with van der Waals surface area (Å²) < 4.78 is 4.82. The summed E-state index contributed by atoms with van der Waals surface area (Å²) in [7, 11) is 1.29. The van der Waals surface area contributed by atoms with Gasteiger partial charge in [-0.2, -0.15) is 0 Å². The number of hydrogen-bond donors (Lipinski definition) is 2. The van der Waals surface area contributed by atoms with Crippen molar-refractivity contribution >= 4 is 28.6 Å². The van der Waals surface area contributed by atoms with Crippen molar-refractivity contribution in [3.8, 4) is 0 Å². The number of esters is 1. The van der Waals surface area contributed by atoms with E-state index >= 15 is 0 Å². The van der Waals surface area contributed by atoms with Gasteiger partial charge >= 0.3 is 5.97 Å². The molecule has 0 bridgehead atoms. The number of ether oxygens (including phenoxy) is 1. The maximum atomic E-state index is 13.5. The summed E-state index contributed by atoms with van der Waals surface area (Å²) >= 11 is 0. The minimum Gasteiger partial charge on any atom is -0.468 e. The third kappa shape index (κ3) is 6.34. The van der Waals surface area contributed by atoms with Gasteiger partial charge in [0.1, 0.15) is 18.3 Å². The van der Waals surface area contributed by atoms with Crippen LogP contribution in [0.25, 0.3) is 10.8 Å². The third-order valence-electron chi connectivity index (χ3n) is 6.16. The van der Waals surface area contributed by atoms with Crippen molar-refractivity contribution in [3.63, 3.8) is 0 Å². The highest BCUT2D eigenvalue weighted by Gasteiger charge is 2.30. The number of fused-ring (bicyclic) bond motifs is 1. The van der Waals surface area contributed by atoms with Gasteiger partial charge in [-0.05, 0) is 35.4 Å². The van der Waals surface area contributed by atoms with E-state index in [1.165, 1.54) is 12.0 Å². The first kappa shape index (κ1) is 25.1. The number of carbonyl (C=O) groups excluding carboxylic acids is 3. The fourth-order valence-corrected chi connectivity index (χ4v) is 4.29. The Morgan fingerprint density at radius 3 is 2.64 bits per heavy atom. The van der Waals surface area contributed by atoms with Crippen molar-refractivity contribution < 1.29 is 19.1 Å². The summed E-state index contributed by atoms with van der Waals surface area (Å²) in [6, 6.07) is 18.6. The summed E-state index contributed by atoms with van der Waals surface area (Å²) in [5, 5.41) is 7.87. The number of hydrogen-bond acceptors (Lipinski definition) is 6. The van der Waals surface area contributed by atoms with E-state index < -0.39 is 17.9 Å². The van der Waals surface area contributed by atoms with Crippen molar-refractivity contribution in [3.05, 3.63) is 89.8 Å². The zero-order chi connectivity index (χ0) is 25.3. The largest absolute Gasteiger partial charge is 0.468 e. The first-order chi connectivity index (χ1) is 17.5. The summed E-state index contributed by atoms with van der Waals surface area (Å²) in [6.45, 7) is 1.36. The molecule has 2 N–H and O–H groups in total. The second-order valence-corrected chi connectivity index (χ2v) is 8.71. The van der Waals surface area contributed by atoms with E-state index in [0.717, 1.165) is 16.5 Å². The normalized spacial score (nSPS) is 17.6. The molecular formula is C28H30N4O4. The molecule has 8 nitrogen and oxygen atoms in total. The van der Waals surface area contributed by atoms with Crippen LogP contribution in [0.1, 0.15) is 28.9 Å². The van der Waals surface area contributed by atoms with Gasteiger partial charge in [-0.1, -0.05) is 60.7 Å². The number of benzene rings is 2. The zero-order valence-corrected chi connectivity index (χ0v) is 20.3. The number of rotatable bonds is 8. The molecule has 1 unspecified atom stereocenters. The lowest BCUT2D eigenvalue weighted by Crippen LogP contribution is -2.51. The van der Waals surface area contributed by atoms with E-state index in [1.54, 1.807) is 6.20 Å². The number of aromatic nitrogens is 1. The summed E-state index contributed by atoms with van der Waals surface area (Å²) in [4.78, 5) is 44.4. The monoisotopic (exact) mass is 486 g/mol. The first-order valence-corrected chi connectivity index (χ1v) is 12.0. The van der Waals surface area contributed by atoms with Crippen LogP contribution in [0, 0.1) is 0 Å². The second-order valence-electron chi connectivity index (χ2n) is 8.71. The highest BCUT2D eigenvalue weighted by Crippen LogP contribution is 2.18. The summed E-state index contributed by atoms with van der Waals surface area (Å²) in [5.74, 6) is -1.25. The van der Waals surface area contributed by atoms with Gasteiger partial charge in [-0.15, -0.1) is 0 Å². The number of methoxy groups -OCH3 is 1. The zero-order valence-electron chi connectivity index (χ0n) is 20.3. The highest BCUT2D eigenvalue weighted by atomic mass is 16.5. The fraction of sp³-hybridized carbons (Fsp3) is 0.286. The lowest BCUT2D eigenvalue weighted by molar-refractivity contribution is -0.147. The number of pyridine rings is 1. The summed E-state index contributed by atoms with van der Waals surface area (Å²) in [5.41, 5.74) is 2.43. The molecule has 0 radical (unpaired) electrons. The van der Waals surface area contributed by atoms with Crippen molar-refractivity contribution in [1.82, 2.24) is 20.5 Å². The Hall–Kier alpha value is -4.04. The smallest absolute Gasteiger partial charge is 0.325 e. The van der Waals surface area contributed by atoms with Gasteiger partial charge in [-0.3, -0.25) is 19.4 Å². The van der Waals surface area contributed by atoms with Crippen LogP contribution >= 0.6 is 0 Å². The van der Waals surface area contributed by atoms with Crippen molar-refractivity contribution in [2.45, 2.75) is 25.4 Å². The quantitative estimate of drug-likeness (QED) is 0.375. The van der Waals surface area contributed by atoms with E-state index in [2.05, 4.69) is 21.7 Å². The maximum Gasteiger partial charge on any atom is 0.325 e. The molecule has 0 fully saturated rings. The van der Waals surface area contributed by atoms with Crippen LogP contribution in [0.5, 0.6) is 0 Å². The highest BCUT2D eigenvalue weighted by molar-refractivity contribution is 6.06. The van der Waals surface area contributed by atoms with Crippen molar-refractivity contribution in [2.75, 3.05) is 26.7 Å². The van der Waals surface area contributed by atoms with Crippen molar-refractivity contribution in [2.24, 2.45) is 0 Å². The minimum atomic E-state index is -0.780. The topological polar surface area (TPSA) is 101 Å². The molecule has 0 aliphatic carbocycles. The van der Waals surface area contributed by atoms with Crippen LogP contribution in [0.2, 0.25) is 0 Å². The molecular weight excluding hydrogens is 456 g/mol. The van der Waals surface area contributed by atoms with Crippen LogP contribution in [0.15, 0.2) is 78.5 Å². The molecule has 1 aliphatic heterocycles. The molecule has 36 heavy (non-hydrogen) atoms. The number of carbonyl (C=O) groups is 3. The van der Waals surface area contributed by atoms with Gasteiger partial charge in [0, 0.05) is 31.2 Å². The molecule has 0 saturated carbocycles. The lowest BCUT2D eigenvalue weighted by atomic mass is 10.0. The molecule has 2 heterocycles. The maximum absolute atomic E-state index is 13.5. The van der Waals surface area contributed by atoms with E-state index in [-0.39, 0.29) is 24.7 Å². The van der Waals surface area contributed by atoms with Crippen LogP contribution in [0.3, 0.4) is 0 Å². The Balaban J connectivity index is 1.48. The Labute approximate surface area is 210 Å². The van der Waals surface area contributed by atoms with E-state index in [4.69, 9.17) is 4.74 Å². The Morgan fingerprint density at radius 1 is 1.06 bits per heavy atom. The van der Waals surface area contributed by atoms with E-state index in [1.807, 2.05) is 60.7 Å². The number of nitrogens with one attached hydrogen (secondary N) is 2. The van der Waals surface area contributed by atoms with Gasteiger partial charge in [0.05, 0.1) is 7.11 Å². The van der Waals surface area contributed by atoms with Crippen LogP contribution in [0.4, 0.5) is 0 Å². The average Bonchev–Trinajstić information content (AvgIpc) is 2.90. The Bertz CT molecular complexity index is 1250. The Kier molecular flexibility index (Phi) is 8.41. The number of amides is 2. The van der Waals surface area contributed by atoms with Gasteiger partial charge in [0.2, 0.25) is 5.91 Å². The molecule has 2 amide bonds. The molecule has 0 saturated heterocycles. The van der Waals surface area contributed by atoms with E-state index in [9.17, 15) is 14.4 Å². The van der Waals surface area contributed by atoms with Crippen LogP contribution < -0.4 is 10.6 Å². The molecule has 186 valence electrons. The van der Waals surface area contributed by atoms with Crippen LogP contribution in [-0.2, 0) is 20.9 Å². The van der Waals surface area contributed by atoms with Gasteiger partial charge in [0.25, 0.3) is 5.91 Å². The lowest BCUT2D eigenvalue weighted by Gasteiger charge is -2.30. The molecule has 3 aromatic rings. The molecule has 1 aromatic heterocycles. The summed E-state index contributed by atoms with van der Waals surface area (Å²) in [6.07, 6.45) is 4.69. The SMILES string of the molecule is COC(=O)CN1C/C(CNCc2ccccc2)=C\CCC(NC(=O)c2nccc3ccccc23)C1=O. The molecule has 8 heteroatoms. The molecule has 1 aliphatic rings. The minimum absolute atomic E-state index is 0.190. The fourth-order valence-electron chi connectivity index (χ4n) is 4.29. The number of allylic oxidation sites excluding steroid dienone is 1. The van der Waals surface area contributed by atoms with Gasteiger partial charge in [0.15, 0.2) is 0 Å². The van der Waals surface area contributed by atoms with Crippen molar-refractivity contribution in [1.29, 1.82) is 0 Å². The average molecular weight is 487 g/mol. The standard InChI is InChI=1S/C28H30N4O4/c1-36-25(33)19-32-18-21(17-29-16-20-8-3-2-4-9-20)10-7-13-24(28(32)35)31-27(34)26-23-12-6-5-11-22(23)14-15-30-26/h2-6,8-12,14-15,24,29H,7,13,16-19H2,1H3,(H,31,34)/b21-10-. The third-order valence-corrected chi connectivity index (χ3v) is 6.16. The number of nitrogens with zero attached hydrogens (tertiary/aromatic N) is 2. The predicted molar refractivity (Wildman–Crippen MR) is 137 cm³/mol. The molecule has 0 spiro atoms. The van der Waals surface area contributed by atoms with E-state index in [0.29, 0.717) is 31.3 Å². The van der Waals surface area contributed by atoms with Gasteiger partial charge in [-0.25, -0.2) is 0 Å². The predicted octanol–water partition coefficient (Wildman–Crippen LogP) is 2.84. The van der Waals surface area contributed by atoms with Gasteiger partial charge < -0.3 is 20.3 Å². The first-order valence-electron chi connectivity index (χ1n) is 12.0. The molecule has 2 aromatic carbocycles. The second kappa shape index (κ2) is 12.1. The van der Waals surface area contributed by atoms with Crippen LogP contribution in [-0.4, -0.2) is 60.5 Å². The molecule has 1 atom stereocenters. The molecule has 4 rings (SSSR count).